The molecule has 1 aromatic rings. The van der Waals surface area contributed by atoms with Gasteiger partial charge in [0.25, 0.3) is 5.91 Å². The first-order valence-corrected chi connectivity index (χ1v) is 9.09. The summed E-state index contributed by atoms with van der Waals surface area (Å²) in [6.45, 7) is 6.91. The van der Waals surface area contributed by atoms with Gasteiger partial charge in [0.1, 0.15) is 6.04 Å². The van der Waals surface area contributed by atoms with E-state index in [1.807, 2.05) is 25.3 Å². The number of nitrogens with zero attached hydrogens (tertiary/aromatic N) is 1. The van der Waals surface area contributed by atoms with Crippen LogP contribution >= 0.6 is 11.3 Å². The molecule has 0 aliphatic carbocycles. The Morgan fingerprint density at radius 2 is 2.13 bits per heavy atom. The Morgan fingerprint density at radius 1 is 1.39 bits per heavy atom. The molecule has 2 heterocycles. The van der Waals surface area contributed by atoms with Crippen molar-refractivity contribution >= 4 is 23.2 Å². The molecule has 3 unspecified atom stereocenters. The summed E-state index contributed by atoms with van der Waals surface area (Å²) >= 11 is 1.37. The summed E-state index contributed by atoms with van der Waals surface area (Å²) < 4.78 is 0. The van der Waals surface area contributed by atoms with Crippen LogP contribution in [0.2, 0.25) is 0 Å². The van der Waals surface area contributed by atoms with Gasteiger partial charge in [-0.2, -0.15) is 0 Å². The summed E-state index contributed by atoms with van der Waals surface area (Å²) in [7, 11) is 0. The van der Waals surface area contributed by atoms with Gasteiger partial charge in [0, 0.05) is 19.0 Å². The predicted octanol–water partition coefficient (Wildman–Crippen LogP) is 2.12. The van der Waals surface area contributed by atoms with Crippen LogP contribution in [0.25, 0.3) is 0 Å². The highest BCUT2D eigenvalue weighted by Crippen LogP contribution is 2.21. The molecule has 0 aromatic carbocycles. The van der Waals surface area contributed by atoms with E-state index >= 15 is 0 Å². The van der Waals surface area contributed by atoms with Crippen molar-refractivity contribution in [2.75, 3.05) is 13.1 Å². The summed E-state index contributed by atoms with van der Waals surface area (Å²) in [4.78, 5) is 27.5. The van der Waals surface area contributed by atoms with Gasteiger partial charge in [0.15, 0.2) is 0 Å². The van der Waals surface area contributed by atoms with Crippen LogP contribution < -0.4 is 5.32 Å². The SMILES string of the molecule is CC(C)C(NC(=O)c1cccs1)C(=O)N1CCCC(C(C)O)C1. The smallest absolute Gasteiger partial charge is 0.262 e. The molecule has 0 spiro atoms. The summed E-state index contributed by atoms with van der Waals surface area (Å²) in [6, 6.07) is 3.05. The van der Waals surface area contributed by atoms with Crippen LogP contribution in [0.3, 0.4) is 0 Å². The maximum atomic E-state index is 12.8. The van der Waals surface area contributed by atoms with E-state index in [-0.39, 0.29) is 23.7 Å². The Morgan fingerprint density at radius 3 is 2.70 bits per heavy atom. The normalized spacial score (nSPS) is 21.1. The number of carbonyl (C=O) groups excluding carboxylic acids is 2. The number of hydrogen-bond donors (Lipinski definition) is 2. The van der Waals surface area contributed by atoms with Gasteiger partial charge in [0.05, 0.1) is 11.0 Å². The second kappa shape index (κ2) is 7.93. The molecule has 0 saturated carbocycles. The molecule has 1 fully saturated rings. The number of thiophene rings is 1. The third kappa shape index (κ3) is 4.54. The van der Waals surface area contributed by atoms with Crippen LogP contribution in [0.4, 0.5) is 0 Å². The Balaban J connectivity index is 2.04. The van der Waals surface area contributed by atoms with Gasteiger partial charge in [-0.05, 0) is 37.1 Å². The summed E-state index contributed by atoms with van der Waals surface area (Å²) in [5.41, 5.74) is 0. The first-order valence-electron chi connectivity index (χ1n) is 8.21. The zero-order chi connectivity index (χ0) is 17.0. The molecule has 128 valence electrons. The zero-order valence-corrected chi connectivity index (χ0v) is 14.8. The standard InChI is InChI=1S/C17H26N2O3S/c1-11(2)15(18-16(21)14-7-5-9-23-14)17(22)19-8-4-6-13(10-19)12(3)20/h5,7,9,11-13,15,20H,4,6,8,10H2,1-3H3,(H,18,21). The molecule has 5 nitrogen and oxygen atoms in total. The third-order valence-corrected chi connectivity index (χ3v) is 5.28. The van der Waals surface area contributed by atoms with Gasteiger partial charge in [-0.15, -0.1) is 11.3 Å². The molecule has 2 N–H and O–H groups in total. The number of carbonyl (C=O) groups is 2. The predicted molar refractivity (Wildman–Crippen MR) is 91.4 cm³/mol. The molecule has 2 rings (SSSR count). The number of piperidine rings is 1. The summed E-state index contributed by atoms with van der Waals surface area (Å²) in [5.74, 6) is -0.113. The van der Waals surface area contributed by atoms with Gasteiger partial charge >= 0.3 is 0 Å². The minimum atomic E-state index is -0.530. The van der Waals surface area contributed by atoms with E-state index in [2.05, 4.69) is 5.32 Å². The minimum absolute atomic E-state index is 0.0124. The fourth-order valence-electron chi connectivity index (χ4n) is 2.93. The number of amides is 2. The number of aliphatic hydroxyl groups is 1. The molecule has 2 amide bonds. The van der Waals surface area contributed by atoms with Crippen molar-refractivity contribution in [3.8, 4) is 0 Å². The highest BCUT2D eigenvalue weighted by atomic mass is 32.1. The minimum Gasteiger partial charge on any atom is -0.393 e. The topological polar surface area (TPSA) is 69.6 Å². The van der Waals surface area contributed by atoms with Crippen molar-refractivity contribution in [2.24, 2.45) is 11.8 Å². The first kappa shape index (κ1) is 17.9. The van der Waals surface area contributed by atoms with Crippen molar-refractivity contribution in [1.29, 1.82) is 0 Å². The second-order valence-electron chi connectivity index (χ2n) is 6.60. The van der Waals surface area contributed by atoms with E-state index in [0.717, 1.165) is 12.8 Å². The van der Waals surface area contributed by atoms with Crippen LogP contribution in [-0.4, -0.2) is 47.1 Å². The van der Waals surface area contributed by atoms with Crippen molar-refractivity contribution in [1.82, 2.24) is 10.2 Å². The average Bonchev–Trinajstić information content (AvgIpc) is 3.06. The van der Waals surface area contributed by atoms with Crippen LogP contribution in [0, 0.1) is 11.8 Å². The Kier molecular flexibility index (Phi) is 6.18. The van der Waals surface area contributed by atoms with Crippen molar-refractivity contribution in [3.63, 3.8) is 0 Å². The van der Waals surface area contributed by atoms with Gasteiger partial charge in [0.2, 0.25) is 5.91 Å². The van der Waals surface area contributed by atoms with E-state index in [4.69, 9.17) is 0 Å². The van der Waals surface area contributed by atoms with Crippen LogP contribution in [0.5, 0.6) is 0 Å². The average molecular weight is 338 g/mol. The van der Waals surface area contributed by atoms with Crippen LogP contribution in [0.15, 0.2) is 17.5 Å². The fourth-order valence-corrected chi connectivity index (χ4v) is 3.56. The number of hydrogen-bond acceptors (Lipinski definition) is 4. The maximum absolute atomic E-state index is 12.8. The van der Waals surface area contributed by atoms with Gasteiger partial charge in [-0.1, -0.05) is 19.9 Å². The fraction of sp³-hybridized carbons (Fsp3) is 0.647. The molecule has 1 aliphatic rings. The molecular formula is C17H26N2O3S. The highest BCUT2D eigenvalue weighted by Gasteiger charge is 2.33. The third-order valence-electron chi connectivity index (χ3n) is 4.42. The van der Waals surface area contributed by atoms with Gasteiger partial charge < -0.3 is 15.3 Å². The van der Waals surface area contributed by atoms with E-state index < -0.39 is 12.1 Å². The Hall–Kier alpha value is -1.40. The van der Waals surface area contributed by atoms with Crippen molar-refractivity contribution < 1.29 is 14.7 Å². The lowest BCUT2D eigenvalue weighted by atomic mass is 9.92. The number of aliphatic hydroxyl groups excluding tert-OH is 1. The molecule has 1 saturated heterocycles. The van der Waals surface area contributed by atoms with Crippen LogP contribution in [-0.2, 0) is 4.79 Å². The lowest BCUT2D eigenvalue weighted by Gasteiger charge is -2.37. The number of likely N-dealkylation sites (tertiary alicyclic amines) is 1. The largest absolute Gasteiger partial charge is 0.393 e. The molecular weight excluding hydrogens is 312 g/mol. The maximum Gasteiger partial charge on any atom is 0.262 e. The number of rotatable bonds is 5. The van der Waals surface area contributed by atoms with E-state index in [9.17, 15) is 14.7 Å². The molecule has 1 aromatic heterocycles. The summed E-state index contributed by atoms with van der Waals surface area (Å²) in [6.07, 6.45) is 1.42. The molecule has 6 heteroatoms. The molecule has 0 radical (unpaired) electrons. The number of nitrogens with one attached hydrogen (secondary N) is 1. The van der Waals surface area contributed by atoms with E-state index in [1.165, 1.54) is 11.3 Å². The Labute approximate surface area is 141 Å². The zero-order valence-electron chi connectivity index (χ0n) is 14.0. The lowest BCUT2D eigenvalue weighted by Crippen LogP contribution is -2.54. The first-order chi connectivity index (χ1) is 10.9. The molecule has 1 aliphatic heterocycles. The second-order valence-corrected chi connectivity index (χ2v) is 7.55. The molecule has 23 heavy (non-hydrogen) atoms. The van der Waals surface area contributed by atoms with E-state index in [0.29, 0.717) is 18.0 Å². The van der Waals surface area contributed by atoms with E-state index in [1.54, 1.807) is 17.9 Å². The monoisotopic (exact) mass is 338 g/mol. The van der Waals surface area contributed by atoms with Gasteiger partial charge in [-0.25, -0.2) is 0 Å². The molecule has 3 atom stereocenters. The lowest BCUT2D eigenvalue weighted by molar-refractivity contribution is -0.137. The Bertz CT molecular complexity index is 528. The van der Waals surface area contributed by atoms with Gasteiger partial charge in [-0.3, -0.25) is 9.59 Å². The van der Waals surface area contributed by atoms with Crippen molar-refractivity contribution in [3.05, 3.63) is 22.4 Å². The summed E-state index contributed by atoms with van der Waals surface area (Å²) in [5, 5.41) is 14.5. The van der Waals surface area contributed by atoms with Crippen molar-refractivity contribution in [2.45, 2.75) is 45.8 Å². The quantitative estimate of drug-likeness (QED) is 0.864. The molecule has 0 bridgehead atoms. The van der Waals surface area contributed by atoms with Crippen LogP contribution in [0.1, 0.15) is 43.3 Å². The highest BCUT2D eigenvalue weighted by molar-refractivity contribution is 7.12.